The van der Waals surface area contributed by atoms with Crippen LogP contribution in [-0.2, 0) is 24.1 Å². The number of benzene rings is 3. The maximum Gasteiger partial charge on any atom is 0.255 e. The van der Waals surface area contributed by atoms with Crippen molar-refractivity contribution in [2.45, 2.75) is 45.1 Å². The molecule has 0 fully saturated rings. The number of ether oxygens (including phenoxy) is 1. The van der Waals surface area contributed by atoms with Crippen molar-refractivity contribution >= 4 is 40.2 Å². The first-order chi connectivity index (χ1) is 22.9. The van der Waals surface area contributed by atoms with E-state index >= 15 is 0 Å². The number of amides is 2. The predicted octanol–water partition coefficient (Wildman–Crippen LogP) is 5.86. The number of fused-ring (bicyclic) bond motifs is 4. The van der Waals surface area contributed by atoms with Crippen molar-refractivity contribution in [3.8, 4) is 5.75 Å². The van der Waals surface area contributed by atoms with Crippen LogP contribution in [0.3, 0.4) is 0 Å². The van der Waals surface area contributed by atoms with Crippen LogP contribution in [0.2, 0.25) is 5.02 Å². The number of halogens is 1. The first-order valence-corrected chi connectivity index (χ1v) is 16.8. The number of nitrogens with zero attached hydrogens (tertiary/aromatic N) is 2. The SMILES string of the molecule is CC1CCc2c(c3ccccc3n2C(=O)CN2C/C=C/CNC(=O)[C@H](Cc3ccccc3)NC(=O)c3cc(Cl)ccc3OCCC2)C1. The molecule has 2 heterocycles. The van der Waals surface area contributed by atoms with Crippen LogP contribution in [0.5, 0.6) is 5.75 Å². The summed E-state index contributed by atoms with van der Waals surface area (Å²) in [5, 5.41) is 7.40. The molecule has 2 amide bonds. The fourth-order valence-corrected chi connectivity index (χ4v) is 6.80. The van der Waals surface area contributed by atoms with Crippen LogP contribution in [0.4, 0.5) is 0 Å². The van der Waals surface area contributed by atoms with Crippen molar-refractivity contribution in [3.63, 3.8) is 0 Å². The molecule has 1 unspecified atom stereocenters. The van der Waals surface area contributed by atoms with Gasteiger partial charge in [-0.25, -0.2) is 0 Å². The van der Waals surface area contributed by atoms with E-state index in [1.54, 1.807) is 18.2 Å². The van der Waals surface area contributed by atoms with Gasteiger partial charge in [-0.05, 0) is 67.0 Å². The highest BCUT2D eigenvalue weighted by Crippen LogP contribution is 2.34. The van der Waals surface area contributed by atoms with Gasteiger partial charge in [0.1, 0.15) is 11.8 Å². The standard InChI is InChI=1S/C38H41ClN4O4/c1-26-14-16-34-30(22-26)29-12-5-6-13-33(29)43(34)36(44)25-42-19-8-7-18-40-38(46)32(23-27-10-3-2-4-11-27)41-37(45)31-24-28(39)15-17-35(31)47-21-9-20-42/h2-8,10-13,15,17,24,26,32H,9,14,16,18-23,25H2,1H3,(H,40,46)(H,41,45)/b8-7+/t26?,32-/m0/s1. The number of rotatable bonds is 4. The lowest BCUT2D eigenvalue weighted by molar-refractivity contribution is -0.122. The van der Waals surface area contributed by atoms with E-state index < -0.39 is 11.9 Å². The average molecular weight is 653 g/mol. The smallest absolute Gasteiger partial charge is 0.255 e. The Bertz CT molecular complexity index is 1780. The van der Waals surface area contributed by atoms with Crippen molar-refractivity contribution in [2.24, 2.45) is 5.92 Å². The number of carbonyl (C=O) groups is 3. The lowest BCUT2D eigenvalue weighted by atomic mass is 9.88. The second kappa shape index (κ2) is 15.0. The monoisotopic (exact) mass is 652 g/mol. The van der Waals surface area contributed by atoms with E-state index in [0.29, 0.717) is 55.8 Å². The Balaban J connectivity index is 1.23. The minimum absolute atomic E-state index is 0.0504. The molecule has 1 aliphatic carbocycles. The largest absolute Gasteiger partial charge is 0.493 e. The molecule has 8 nitrogen and oxygen atoms in total. The molecule has 2 atom stereocenters. The van der Waals surface area contributed by atoms with Crippen LogP contribution in [0.25, 0.3) is 10.9 Å². The Kier molecular flexibility index (Phi) is 10.4. The van der Waals surface area contributed by atoms with Crippen LogP contribution < -0.4 is 15.4 Å². The van der Waals surface area contributed by atoms with Crippen LogP contribution in [0.1, 0.15) is 51.7 Å². The van der Waals surface area contributed by atoms with Gasteiger partial charge in [-0.1, -0.05) is 79.2 Å². The molecule has 3 aromatic carbocycles. The molecule has 0 radical (unpaired) electrons. The summed E-state index contributed by atoms with van der Waals surface area (Å²) < 4.78 is 8.05. The topological polar surface area (TPSA) is 92.7 Å². The highest BCUT2D eigenvalue weighted by atomic mass is 35.5. The van der Waals surface area contributed by atoms with Crippen molar-refractivity contribution < 1.29 is 19.1 Å². The normalized spacial score (nSPS) is 20.4. The Hall–Kier alpha value is -4.40. The van der Waals surface area contributed by atoms with Crippen molar-refractivity contribution in [2.75, 3.05) is 32.8 Å². The average Bonchev–Trinajstić information content (AvgIpc) is 3.40. The van der Waals surface area contributed by atoms with Crippen molar-refractivity contribution in [1.82, 2.24) is 20.1 Å². The molecular weight excluding hydrogens is 612 g/mol. The number of hydrogen-bond donors (Lipinski definition) is 2. The summed E-state index contributed by atoms with van der Waals surface area (Å²) in [6.07, 6.45) is 7.79. The molecule has 4 aromatic rings. The Morgan fingerprint density at radius 1 is 1.02 bits per heavy atom. The van der Waals surface area contributed by atoms with E-state index in [-0.39, 0.29) is 23.9 Å². The van der Waals surface area contributed by atoms with Crippen LogP contribution in [0.15, 0.2) is 84.9 Å². The third-order valence-corrected chi connectivity index (χ3v) is 9.25. The number of carbonyl (C=O) groups excluding carboxylic acids is 3. The van der Waals surface area contributed by atoms with Crippen LogP contribution in [0, 0.1) is 5.92 Å². The van der Waals surface area contributed by atoms with Gasteiger partial charge in [0, 0.05) is 42.2 Å². The molecule has 1 aromatic heterocycles. The molecule has 2 N–H and O–H groups in total. The van der Waals surface area contributed by atoms with Crippen molar-refractivity contribution in [1.29, 1.82) is 0 Å². The number of nitrogens with one attached hydrogen (secondary N) is 2. The maximum atomic E-state index is 14.0. The van der Waals surface area contributed by atoms with E-state index in [2.05, 4.69) is 28.5 Å². The second-order valence-corrected chi connectivity index (χ2v) is 13.0. The first kappa shape index (κ1) is 32.5. The number of para-hydroxylation sites is 1. The van der Waals surface area contributed by atoms with Gasteiger partial charge in [0.25, 0.3) is 5.91 Å². The Labute approximate surface area is 280 Å². The van der Waals surface area contributed by atoms with Crippen LogP contribution >= 0.6 is 11.6 Å². The molecule has 47 heavy (non-hydrogen) atoms. The lowest BCUT2D eigenvalue weighted by Crippen LogP contribution is -2.48. The Morgan fingerprint density at radius 2 is 1.83 bits per heavy atom. The molecule has 0 saturated heterocycles. The molecular formula is C38H41ClN4O4. The number of hydrogen-bond acceptors (Lipinski definition) is 5. The summed E-state index contributed by atoms with van der Waals surface area (Å²) in [6, 6.07) is 21.9. The zero-order chi connectivity index (χ0) is 32.8. The summed E-state index contributed by atoms with van der Waals surface area (Å²) in [6.45, 7) is 4.29. The highest BCUT2D eigenvalue weighted by Gasteiger charge is 2.27. The highest BCUT2D eigenvalue weighted by molar-refractivity contribution is 6.31. The second-order valence-electron chi connectivity index (χ2n) is 12.5. The lowest BCUT2D eigenvalue weighted by Gasteiger charge is -2.24. The molecule has 244 valence electrons. The summed E-state index contributed by atoms with van der Waals surface area (Å²) in [7, 11) is 0. The van der Waals surface area contributed by atoms with E-state index in [1.165, 1.54) is 10.9 Å². The van der Waals surface area contributed by atoms with Gasteiger partial charge in [0.05, 0.1) is 24.2 Å². The van der Waals surface area contributed by atoms with Crippen molar-refractivity contribution in [3.05, 3.63) is 112 Å². The summed E-state index contributed by atoms with van der Waals surface area (Å²) >= 11 is 6.28. The van der Waals surface area contributed by atoms with Gasteiger partial charge < -0.3 is 15.4 Å². The quantitative estimate of drug-likeness (QED) is 0.270. The minimum Gasteiger partial charge on any atom is -0.493 e. The fourth-order valence-electron chi connectivity index (χ4n) is 6.63. The third kappa shape index (κ3) is 7.77. The zero-order valence-corrected chi connectivity index (χ0v) is 27.5. The summed E-state index contributed by atoms with van der Waals surface area (Å²) in [4.78, 5) is 43.0. The number of aromatic nitrogens is 1. The minimum atomic E-state index is -0.808. The fraction of sp³-hybridized carbons (Fsp3) is 0.342. The first-order valence-electron chi connectivity index (χ1n) is 16.4. The van der Waals surface area contributed by atoms with Gasteiger partial charge in [0.15, 0.2) is 0 Å². The molecule has 0 spiro atoms. The molecule has 0 saturated carbocycles. The zero-order valence-electron chi connectivity index (χ0n) is 26.7. The predicted molar refractivity (Wildman–Crippen MR) is 185 cm³/mol. The maximum absolute atomic E-state index is 14.0. The van der Waals surface area contributed by atoms with E-state index in [0.717, 1.165) is 36.0 Å². The van der Waals surface area contributed by atoms with Gasteiger partial charge in [-0.15, -0.1) is 0 Å². The van der Waals surface area contributed by atoms with E-state index in [1.807, 2.05) is 65.3 Å². The summed E-state index contributed by atoms with van der Waals surface area (Å²) in [5.74, 6) is 0.300. The Morgan fingerprint density at radius 3 is 2.68 bits per heavy atom. The molecule has 2 aliphatic rings. The molecule has 9 heteroatoms. The van der Waals surface area contributed by atoms with Gasteiger partial charge in [-0.2, -0.15) is 0 Å². The third-order valence-electron chi connectivity index (χ3n) is 9.01. The van der Waals surface area contributed by atoms with Gasteiger partial charge in [0.2, 0.25) is 11.8 Å². The molecule has 6 rings (SSSR count). The molecule has 0 bridgehead atoms. The summed E-state index contributed by atoms with van der Waals surface area (Å²) in [5.41, 5.74) is 4.61. The van der Waals surface area contributed by atoms with Gasteiger partial charge in [-0.3, -0.25) is 23.9 Å². The molecule has 1 aliphatic heterocycles. The van der Waals surface area contributed by atoms with Gasteiger partial charge >= 0.3 is 0 Å². The van der Waals surface area contributed by atoms with E-state index in [9.17, 15) is 14.4 Å². The van der Waals surface area contributed by atoms with E-state index in [4.69, 9.17) is 16.3 Å². The van der Waals surface area contributed by atoms with Crippen LogP contribution in [-0.4, -0.2) is 66.0 Å².